The molecular formula is C10H12FNO3S. The van der Waals surface area contributed by atoms with Gasteiger partial charge in [0.15, 0.2) is 0 Å². The molecule has 6 heteroatoms. The fraction of sp³-hybridized carbons (Fsp3) is 0.400. The van der Waals surface area contributed by atoms with Crippen molar-refractivity contribution in [2.24, 2.45) is 0 Å². The van der Waals surface area contributed by atoms with Crippen molar-refractivity contribution in [2.45, 2.75) is 17.9 Å². The summed E-state index contributed by atoms with van der Waals surface area (Å²) in [6.07, 6.45) is -0.606. The van der Waals surface area contributed by atoms with Crippen LogP contribution in [0.5, 0.6) is 0 Å². The summed E-state index contributed by atoms with van der Waals surface area (Å²) in [6.45, 7) is 1.73. The molecule has 1 N–H and O–H groups in total. The Morgan fingerprint density at radius 2 is 2.06 bits per heavy atom. The van der Waals surface area contributed by atoms with E-state index in [2.05, 4.69) is 0 Å². The van der Waals surface area contributed by atoms with Crippen LogP contribution in [-0.2, 0) is 10.0 Å². The number of rotatable bonds is 2. The van der Waals surface area contributed by atoms with E-state index in [1.807, 2.05) is 0 Å². The zero-order valence-corrected chi connectivity index (χ0v) is 9.54. The highest BCUT2D eigenvalue weighted by molar-refractivity contribution is 7.89. The number of sulfonamides is 1. The van der Waals surface area contributed by atoms with E-state index in [0.29, 0.717) is 5.56 Å². The van der Waals surface area contributed by atoms with Crippen molar-refractivity contribution in [3.05, 3.63) is 29.6 Å². The molecule has 0 atom stereocenters. The topological polar surface area (TPSA) is 57.6 Å². The molecule has 0 amide bonds. The van der Waals surface area contributed by atoms with Gasteiger partial charge in [-0.2, -0.15) is 4.31 Å². The van der Waals surface area contributed by atoms with Crippen LogP contribution in [0.25, 0.3) is 0 Å². The Kier molecular flexibility index (Phi) is 2.73. The number of aliphatic hydroxyl groups is 1. The molecule has 16 heavy (non-hydrogen) atoms. The predicted molar refractivity (Wildman–Crippen MR) is 55.9 cm³/mol. The van der Waals surface area contributed by atoms with E-state index in [1.165, 1.54) is 12.1 Å². The first-order valence-electron chi connectivity index (χ1n) is 4.85. The number of β-amino-alcohol motifs (C(OH)–C–C–N with tert-alkyl or cyclic N) is 1. The molecule has 1 aliphatic heterocycles. The molecule has 1 fully saturated rings. The Bertz CT molecular complexity index is 509. The number of aliphatic hydroxyl groups excluding tert-OH is 1. The van der Waals surface area contributed by atoms with Gasteiger partial charge >= 0.3 is 0 Å². The van der Waals surface area contributed by atoms with Crippen molar-refractivity contribution in [3.8, 4) is 0 Å². The molecule has 0 spiro atoms. The van der Waals surface area contributed by atoms with Gasteiger partial charge in [-0.15, -0.1) is 0 Å². The maximum atomic E-state index is 13.2. The highest BCUT2D eigenvalue weighted by atomic mass is 32.2. The lowest BCUT2D eigenvalue weighted by Gasteiger charge is -2.34. The minimum absolute atomic E-state index is 0.0671. The van der Waals surface area contributed by atoms with E-state index in [9.17, 15) is 12.8 Å². The lowest BCUT2D eigenvalue weighted by molar-refractivity contribution is 0.0548. The molecule has 0 aliphatic carbocycles. The average Bonchev–Trinajstić information content (AvgIpc) is 2.17. The van der Waals surface area contributed by atoms with Gasteiger partial charge in [-0.3, -0.25) is 0 Å². The summed E-state index contributed by atoms with van der Waals surface area (Å²) in [5, 5.41) is 9.05. The van der Waals surface area contributed by atoms with Crippen LogP contribution in [0.15, 0.2) is 23.1 Å². The maximum absolute atomic E-state index is 13.2. The third kappa shape index (κ3) is 1.83. The molecule has 1 aromatic rings. The standard InChI is InChI=1S/C10H12FNO3S/c1-7-2-3-9(4-10(7)11)16(14,15)12-5-8(13)6-12/h2-4,8,13H,5-6H2,1H3. The predicted octanol–water partition coefficient (Wildman–Crippen LogP) is 0.499. The van der Waals surface area contributed by atoms with Gasteiger partial charge in [0.2, 0.25) is 10.0 Å². The van der Waals surface area contributed by atoms with Gasteiger partial charge in [0.05, 0.1) is 11.0 Å². The van der Waals surface area contributed by atoms with Crippen molar-refractivity contribution in [1.82, 2.24) is 4.31 Å². The van der Waals surface area contributed by atoms with E-state index in [-0.39, 0.29) is 18.0 Å². The van der Waals surface area contributed by atoms with Gasteiger partial charge in [-0.1, -0.05) is 6.07 Å². The number of hydrogen-bond acceptors (Lipinski definition) is 3. The zero-order valence-electron chi connectivity index (χ0n) is 8.72. The maximum Gasteiger partial charge on any atom is 0.243 e. The van der Waals surface area contributed by atoms with Crippen LogP contribution in [0, 0.1) is 12.7 Å². The third-order valence-corrected chi connectivity index (χ3v) is 4.44. The second-order valence-electron chi connectivity index (χ2n) is 3.89. The highest BCUT2D eigenvalue weighted by Crippen LogP contribution is 2.22. The summed E-state index contributed by atoms with van der Waals surface area (Å²) in [4.78, 5) is -0.0671. The van der Waals surface area contributed by atoms with Crippen molar-refractivity contribution in [3.63, 3.8) is 0 Å². The van der Waals surface area contributed by atoms with E-state index >= 15 is 0 Å². The lowest BCUT2D eigenvalue weighted by Crippen LogP contribution is -2.53. The molecule has 1 aliphatic rings. The quantitative estimate of drug-likeness (QED) is 0.825. The largest absolute Gasteiger partial charge is 0.390 e. The Morgan fingerprint density at radius 3 is 2.56 bits per heavy atom. The van der Waals surface area contributed by atoms with Gasteiger partial charge in [0.1, 0.15) is 5.82 Å². The molecule has 0 unspecified atom stereocenters. The Hall–Kier alpha value is -0.980. The molecule has 1 saturated heterocycles. The molecule has 2 rings (SSSR count). The molecule has 4 nitrogen and oxygen atoms in total. The summed E-state index contributed by atoms with van der Waals surface area (Å²) in [7, 11) is -3.64. The summed E-state index contributed by atoms with van der Waals surface area (Å²) in [6, 6.07) is 3.81. The second kappa shape index (κ2) is 3.80. The number of nitrogens with zero attached hydrogens (tertiary/aromatic N) is 1. The number of halogens is 1. The molecule has 1 aromatic carbocycles. The Balaban J connectivity index is 2.33. The van der Waals surface area contributed by atoms with E-state index in [1.54, 1.807) is 6.92 Å². The molecule has 0 bridgehead atoms. The first-order chi connectivity index (χ1) is 7.41. The number of hydrogen-bond donors (Lipinski definition) is 1. The molecule has 0 saturated carbocycles. The van der Waals surface area contributed by atoms with Gasteiger partial charge in [-0.05, 0) is 24.6 Å². The van der Waals surface area contributed by atoms with Crippen LogP contribution in [0.2, 0.25) is 0 Å². The second-order valence-corrected chi connectivity index (χ2v) is 5.82. The van der Waals surface area contributed by atoms with Crippen LogP contribution >= 0.6 is 0 Å². The van der Waals surface area contributed by atoms with E-state index < -0.39 is 21.9 Å². The molecule has 88 valence electrons. The van der Waals surface area contributed by atoms with Crippen molar-refractivity contribution in [1.29, 1.82) is 0 Å². The van der Waals surface area contributed by atoms with Crippen LogP contribution < -0.4 is 0 Å². The molecule has 1 heterocycles. The van der Waals surface area contributed by atoms with E-state index in [4.69, 9.17) is 5.11 Å². The minimum Gasteiger partial charge on any atom is -0.390 e. The van der Waals surface area contributed by atoms with Crippen LogP contribution in [-0.4, -0.2) is 37.0 Å². The van der Waals surface area contributed by atoms with Gasteiger partial charge in [-0.25, -0.2) is 12.8 Å². The summed E-state index contributed by atoms with van der Waals surface area (Å²) < 4.78 is 38.1. The average molecular weight is 245 g/mol. The first-order valence-corrected chi connectivity index (χ1v) is 6.29. The smallest absolute Gasteiger partial charge is 0.243 e. The number of aryl methyl sites for hydroxylation is 1. The summed E-state index contributed by atoms with van der Waals surface area (Å²) >= 11 is 0. The Labute approximate surface area is 93.4 Å². The third-order valence-electron chi connectivity index (χ3n) is 2.61. The SMILES string of the molecule is Cc1ccc(S(=O)(=O)N2CC(O)C2)cc1F. The van der Waals surface area contributed by atoms with Crippen molar-refractivity contribution in [2.75, 3.05) is 13.1 Å². The highest BCUT2D eigenvalue weighted by Gasteiger charge is 2.35. The normalized spacial score (nSPS) is 18.4. The lowest BCUT2D eigenvalue weighted by atomic mass is 10.2. The van der Waals surface area contributed by atoms with Crippen molar-refractivity contribution < 1.29 is 17.9 Å². The van der Waals surface area contributed by atoms with Crippen molar-refractivity contribution >= 4 is 10.0 Å². The molecule has 0 radical (unpaired) electrons. The fourth-order valence-corrected chi connectivity index (χ4v) is 3.02. The van der Waals surface area contributed by atoms with Gasteiger partial charge in [0, 0.05) is 13.1 Å². The fourth-order valence-electron chi connectivity index (χ4n) is 1.50. The monoisotopic (exact) mass is 245 g/mol. The molecular weight excluding hydrogens is 233 g/mol. The number of benzene rings is 1. The Morgan fingerprint density at radius 1 is 1.44 bits per heavy atom. The minimum atomic E-state index is -3.64. The van der Waals surface area contributed by atoms with Crippen LogP contribution in [0.3, 0.4) is 0 Å². The van der Waals surface area contributed by atoms with Gasteiger partial charge in [0.25, 0.3) is 0 Å². The van der Waals surface area contributed by atoms with Crippen LogP contribution in [0.1, 0.15) is 5.56 Å². The summed E-state index contributed by atoms with van der Waals surface area (Å²) in [5.74, 6) is -0.540. The summed E-state index contributed by atoms with van der Waals surface area (Å²) in [5.41, 5.74) is 0.405. The van der Waals surface area contributed by atoms with Crippen LogP contribution in [0.4, 0.5) is 4.39 Å². The van der Waals surface area contributed by atoms with Gasteiger partial charge < -0.3 is 5.11 Å². The zero-order chi connectivity index (χ0) is 11.9. The van der Waals surface area contributed by atoms with E-state index in [0.717, 1.165) is 10.4 Å². The molecule has 0 aromatic heterocycles. The first kappa shape index (κ1) is 11.5.